The Hall–Kier alpha value is -2.57. The second-order valence-electron chi connectivity index (χ2n) is 7.33. The molecule has 0 radical (unpaired) electrons. The number of fused-ring (bicyclic) bond motifs is 2. The number of para-hydroxylation sites is 1. The molecule has 1 aromatic carbocycles. The van der Waals surface area contributed by atoms with Gasteiger partial charge in [-0.25, -0.2) is 4.79 Å². The summed E-state index contributed by atoms with van der Waals surface area (Å²) >= 11 is 0. The molecule has 0 spiro atoms. The second kappa shape index (κ2) is 6.97. The molecule has 3 aliphatic rings. The van der Waals surface area contributed by atoms with E-state index in [2.05, 4.69) is 16.0 Å². The van der Waals surface area contributed by atoms with Gasteiger partial charge in [-0.3, -0.25) is 9.59 Å². The van der Waals surface area contributed by atoms with Crippen LogP contribution in [0.3, 0.4) is 0 Å². The van der Waals surface area contributed by atoms with Gasteiger partial charge in [0.05, 0.1) is 17.3 Å². The molecule has 2 fully saturated rings. The minimum absolute atomic E-state index is 0.166. The zero-order valence-corrected chi connectivity index (χ0v) is 14.7. The van der Waals surface area contributed by atoms with Gasteiger partial charge in [-0.15, -0.1) is 0 Å². The lowest BCUT2D eigenvalue weighted by atomic mass is 9.96. The normalized spacial score (nSPS) is 25.8. The molecule has 2 unspecified atom stereocenters. The van der Waals surface area contributed by atoms with Gasteiger partial charge in [-0.1, -0.05) is 31.4 Å². The van der Waals surface area contributed by atoms with Gasteiger partial charge >= 0.3 is 6.03 Å². The van der Waals surface area contributed by atoms with Gasteiger partial charge in [-0.05, 0) is 31.4 Å². The van der Waals surface area contributed by atoms with Crippen LogP contribution in [0.25, 0.3) is 0 Å². The highest BCUT2D eigenvalue weighted by Gasteiger charge is 2.45. The SMILES string of the molecule is O=C(NC1CCCCC1)NC1CCN2C(=O)c3ccccc3NC(=O)C12. The van der Waals surface area contributed by atoms with E-state index in [-0.39, 0.29) is 29.9 Å². The molecular formula is C19H24N4O3. The lowest BCUT2D eigenvalue weighted by Gasteiger charge is -2.27. The number of carbonyl (C=O) groups excluding carboxylic acids is 3. The predicted octanol–water partition coefficient (Wildman–Crippen LogP) is 1.85. The monoisotopic (exact) mass is 356 g/mol. The number of amides is 4. The number of anilines is 1. The van der Waals surface area contributed by atoms with Gasteiger partial charge in [-0.2, -0.15) is 0 Å². The predicted molar refractivity (Wildman–Crippen MR) is 96.8 cm³/mol. The van der Waals surface area contributed by atoms with Crippen LogP contribution in [0, 0.1) is 0 Å². The Morgan fingerprint density at radius 2 is 1.81 bits per heavy atom. The summed E-state index contributed by atoms with van der Waals surface area (Å²) in [6, 6.07) is 5.93. The number of hydrogen-bond acceptors (Lipinski definition) is 3. The van der Waals surface area contributed by atoms with Gasteiger partial charge in [0, 0.05) is 12.6 Å². The summed E-state index contributed by atoms with van der Waals surface area (Å²) in [5, 5.41) is 8.78. The maximum atomic E-state index is 12.8. The first-order valence-electron chi connectivity index (χ1n) is 9.41. The summed E-state index contributed by atoms with van der Waals surface area (Å²) < 4.78 is 0. The molecule has 1 aliphatic carbocycles. The highest BCUT2D eigenvalue weighted by atomic mass is 16.2. The number of rotatable bonds is 2. The van der Waals surface area contributed by atoms with E-state index in [1.807, 2.05) is 0 Å². The molecule has 26 heavy (non-hydrogen) atoms. The van der Waals surface area contributed by atoms with Crippen LogP contribution in [0.4, 0.5) is 10.5 Å². The first kappa shape index (κ1) is 16.9. The van der Waals surface area contributed by atoms with Crippen LogP contribution in [-0.4, -0.2) is 47.4 Å². The highest BCUT2D eigenvalue weighted by Crippen LogP contribution is 2.29. The molecule has 1 aromatic rings. The van der Waals surface area contributed by atoms with E-state index in [4.69, 9.17) is 0 Å². The molecule has 1 saturated heterocycles. The number of hydrogen-bond donors (Lipinski definition) is 3. The Kier molecular flexibility index (Phi) is 4.53. The smallest absolute Gasteiger partial charge is 0.315 e. The largest absolute Gasteiger partial charge is 0.335 e. The molecule has 2 heterocycles. The lowest BCUT2D eigenvalue weighted by molar-refractivity contribution is -0.120. The third-order valence-electron chi connectivity index (χ3n) is 5.60. The van der Waals surface area contributed by atoms with Crippen molar-refractivity contribution in [3.63, 3.8) is 0 Å². The molecule has 2 atom stereocenters. The van der Waals surface area contributed by atoms with Crippen LogP contribution in [0.1, 0.15) is 48.9 Å². The van der Waals surface area contributed by atoms with Crippen molar-refractivity contribution >= 4 is 23.5 Å². The van der Waals surface area contributed by atoms with Crippen LogP contribution >= 0.6 is 0 Å². The maximum Gasteiger partial charge on any atom is 0.315 e. The minimum Gasteiger partial charge on any atom is -0.335 e. The molecule has 7 heteroatoms. The quantitative estimate of drug-likeness (QED) is 0.755. The van der Waals surface area contributed by atoms with Crippen LogP contribution in [0.5, 0.6) is 0 Å². The van der Waals surface area contributed by atoms with Crippen molar-refractivity contribution in [2.45, 2.75) is 56.7 Å². The van der Waals surface area contributed by atoms with Gasteiger partial charge in [0.2, 0.25) is 5.91 Å². The Morgan fingerprint density at radius 3 is 2.62 bits per heavy atom. The first-order valence-corrected chi connectivity index (χ1v) is 9.41. The van der Waals surface area contributed by atoms with Crippen molar-refractivity contribution in [1.29, 1.82) is 0 Å². The third-order valence-corrected chi connectivity index (χ3v) is 5.60. The molecule has 4 rings (SSSR count). The average molecular weight is 356 g/mol. The van der Waals surface area contributed by atoms with Crippen molar-refractivity contribution in [2.75, 3.05) is 11.9 Å². The number of urea groups is 1. The molecule has 0 aromatic heterocycles. The fourth-order valence-corrected chi connectivity index (χ4v) is 4.28. The third kappa shape index (κ3) is 3.13. The molecule has 138 valence electrons. The van der Waals surface area contributed by atoms with Gasteiger partial charge in [0.1, 0.15) is 6.04 Å². The van der Waals surface area contributed by atoms with Crippen molar-refractivity contribution in [3.8, 4) is 0 Å². The zero-order valence-electron chi connectivity index (χ0n) is 14.7. The van der Waals surface area contributed by atoms with Gasteiger partial charge in [0.25, 0.3) is 5.91 Å². The van der Waals surface area contributed by atoms with Crippen LogP contribution < -0.4 is 16.0 Å². The van der Waals surface area contributed by atoms with Crippen molar-refractivity contribution in [2.24, 2.45) is 0 Å². The van der Waals surface area contributed by atoms with Gasteiger partial charge < -0.3 is 20.9 Å². The number of nitrogens with zero attached hydrogens (tertiary/aromatic N) is 1. The summed E-state index contributed by atoms with van der Waals surface area (Å²) in [4.78, 5) is 39.5. The minimum atomic E-state index is -0.674. The number of carbonyl (C=O) groups is 3. The maximum absolute atomic E-state index is 12.8. The van der Waals surface area contributed by atoms with Crippen molar-refractivity contribution in [3.05, 3.63) is 29.8 Å². The van der Waals surface area contributed by atoms with Crippen molar-refractivity contribution < 1.29 is 14.4 Å². The van der Waals surface area contributed by atoms with Crippen LogP contribution in [0.2, 0.25) is 0 Å². The standard InChI is InChI=1S/C19H24N4O3/c24-17-16-15(22-19(26)20-12-6-2-1-3-7-12)10-11-23(16)18(25)13-8-4-5-9-14(13)21-17/h4-5,8-9,12,15-16H,1-3,6-7,10-11H2,(H,21,24)(H2,20,22,26). The van der Waals surface area contributed by atoms with E-state index < -0.39 is 6.04 Å². The number of nitrogens with one attached hydrogen (secondary N) is 3. The second-order valence-corrected chi connectivity index (χ2v) is 7.33. The van der Waals surface area contributed by atoms with E-state index in [0.29, 0.717) is 24.2 Å². The van der Waals surface area contributed by atoms with Gasteiger partial charge in [0.15, 0.2) is 0 Å². The van der Waals surface area contributed by atoms with Crippen LogP contribution in [0.15, 0.2) is 24.3 Å². The molecule has 4 amide bonds. The van der Waals surface area contributed by atoms with E-state index >= 15 is 0 Å². The van der Waals surface area contributed by atoms with E-state index in [1.54, 1.807) is 29.2 Å². The zero-order chi connectivity index (χ0) is 18.1. The number of benzene rings is 1. The Bertz CT molecular complexity index is 729. The van der Waals surface area contributed by atoms with Crippen LogP contribution in [-0.2, 0) is 4.79 Å². The molecule has 2 aliphatic heterocycles. The topological polar surface area (TPSA) is 90.5 Å². The first-order chi connectivity index (χ1) is 12.6. The molecule has 1 saturated carbocycles. The lowest BCUT2D eigenvalue weighted by Crippen LogP contribution is -2.54. The van der Waals surface area contributed by atoms with E-state index in [1.165, 1.54) is 6.42 Å². The Morgan fingerprint density at radius 1 is 1.04 bits per heavy atom. The molecule has 0 bridgehead atoms. The fourth-order valence-electron chi connectivity index (χ4n) is 4.28. The van der Waals surface area contributed by atoms with E-state index in [9.17, 15) is 14.4 Å². The summed E-state index contributed by atoms with van der Waals surface area (Å²) in [5.74, 6) is -0.412. The summed E-state index contributed by atoms with van der Waals surface area (Å²) in [7, 11) is 0. The van der Waals surface area contributed by atoms with Crippen molar-refractivity contribution in [1.82, 2.24) is 15.5 Å². The highest BCUT2D eigenvalue weighted by molar-refractivity contribution is 6.10. The average Bonchev–Trinajstić information content (AvgIpc) is 3.01. The summed E-state index contributed by atoms with van der Waals surface area (Å²) in [6.07, 6.45) is 6.08. The van der Waals surface area contributed by atoms with E-state index in [0.717, 1.165) is 25.7 Å². The molecule has 3 N–H and O–H groups in total. The summed E-state index contributed by atoms with van der Waals surface area (Å²) in [6.45, 7) is 0.458. The summed E-state index contributed by atoms with van der Waals surface area (Å²) in [5.41, 5.74) is 1.03. The molecular weight excluding hydrogens is 332 g/mol. The Balaban J connectivity index is 1.46. The molecule has 7 nitrogen and oxygen atoms in total. The fraction of sp³-hybridized carbons (Fsp3) is 0.526. The Labute approximate surface area is 152 Å².